The lowest BCUT2D eigenvalue weighted by atomic mass is 10.2. The van der Waals surface area contributed by atoms with Crippen LogP contribution in [0.4, 0.5) is 30.5 Å². The zero-order valence-electron chi connectivity index (χ0n) is 11.4. The third kappa shape index (κ3) is 4.08. The lowest BCUT2D eigenvalue weighted by molar-refractivity contribution is -0.137. The molecule has 0 aliphatic carbocycles. The van der Waals surface area contributed by atoms with Crippen LogP contribution in [0.3, 0.4) is 0 Å². The molecule has 2 aromatic rings. The minimum absolute atomic E-state index is 0.280. The summed E-state index contributed by atoms with van der Waals surface area (Å²) in [6.07, 6.45) is -2.87. The van der Waals surface area contributed by atoms with E-state index in [-0.39, 0.29) is 5.82 Å². The number of hydrogen-bond donors (Lipinski definition) is 2. The first kappa shape index (κ1) is 15.1. The van der Waals surface area contributed by atoms with E-state index in [1.807, 2.05) is 6.92 Å². The molecule has 0 radical (unpaired) electrons. The molecule has 112 valence electrons. The van der Waals surface area contributed by atoms with E-state index in [2.05, 4.69) is 15.3 Å². The fraction of sp³-hybridized carbons (Fsp3) is 0.286. The highest BCUT2D eigenvalue weighted by atomic mass is 19.4. The van der Waals surface area contributed by atoms with Crippen molar-refractivity contribution in [3.05, 3.63) is 41.7 Å². The van der Waals surface area contributed by atoms with E-state index < -0.39 is 11.7 Å². The number of rotatable bonds is 4. The summed E-state index contributed by atoms with van der Waals surface area (Å²) >= 11 is 0. The second-order valence-corrected chi connectivity index (χ2v) is 4.55. The molecule has 0 aliphatic rings. The highest BCUT2D eigenvalue weighted by molar-refractivity contribution is 5.59. The summed E-state index contributed by atoms with van der Waals surface area (Å²) < 4.78 is 38.0. The Hall–Kier alpha value is -2.31. The Morgan fingerprint density at radius 3 is 2.62 bits per heavy atom. The third-order valence-electron chi connectivity index (χ3n) is 2.73. The average molecular weight is 296 g/mol. The number of halogens is 3. The van der Waals surface area contributed by atoms with Crippen molar-refractivity contribution in [3.63, 3.8) is 0 Å². The van der Waals surface area contributed by atoms with Crippen molar-refractivity contribution in [1.29, 1.82) is 0 Å². The van der Waals surface area contributed by atoms with Gasteiger partial charge in [0.25, 0.3) is 0 Å². The summed E-state index contributed by atoms with van der Waals surface area (Å²) in [5.41, 5.74) is 5.25. The molecular formula is C14H15F3N4. The molecule has 0 bridgehead atoms. The van der Waals surface area contributed by atoms with Crippen LogP contribution in [-0.2, 0) is 12.6 Å². The Morgan fingerprint density at radius 2 is 1.95 bits per heavy atom. The molecule has 4 nitrogen and oxygen atoms in total. The van der Waals surface area contributed by atoms with Gasteiger partial charge in [-0.1, -0.05) is 13.0 Å². The maximum atomic E-state index is 12.7. The van der Waals surface area contributed by atoms with Gasteiger partial charge in [-0.2, -0.15) is 13.2 Å². The van der Waals surface area contributed by atoms with Gasteiger partial charge in [-0.15, -0.1) is 0 Å². The molecule has 0 saturated heterocycles. The molecule has 7 heteroatoms. The fourth-order valence-electron chi connectivity index (χ4n) is 1.84. The van der Waals surface area contributed by atoms with Gasteiger partial charge in [-0.3, -0.25) is 0 Å². The van der Waals surface area contributed by atoms with Gasteiger partial charge in [0.2, 0.25) is 0 Å². The smallest absolute Gasteiger partial charge is 0.384 e. The number of nitrogens with one attached hydrogen (secondary N) is 1. The van der Waals surface area contributed by atoms with Gasteiger partial charge in [0.1, 0.15) is 17.5 Å². The summed E-state index contributed by atoms with van der Waals surface area (Å²) in [6, 6.07) is 6.40. The number of hydrogen-bond acceptors (Lipinski definition) is 4. The van der Waals surface area contributed by atoms with Gasteiger partial charge in [0.05, 0.1) is 5.56 Å². The van der Waals surface area contributed by atoms with E-state index in [4.69, 9.17) is 5.73 Å². The molecule has 0 fully saturated rings. The van der Waals surface area contributed by atoms with E-state index in [1.165, 1.54) is 18.2 Å². The standard InChI is InChI=1S/C14H15F3N4/c1-2-4-12-20-11(18)8-13(21-12)19-10-6-3-5-9(7-10)14(15,16)17/h3,5-8H,2,4H2,1H3,(H3,18,19,20,21). The average Bonchev–Trinajstić information content (AvgIpc) is 2.37. The molecule has 1 heterocycles. The lowest BCUT2D eigenvalue weighted by Gasteiger charge is -2.11. The highest BCUT2D eigenvalue weighted by Gasteiger charge is 2.30. The summed E-state index contributed by atoms with van der Waals surface area (Å²) in [5.74, 6) is 1.22. The van der Waals surface area contributed by atoms with Crippen molar-refractivity contribution < 1.29 is 13.2 Å². The molecule has 0 atom stereocenters. The molecule has 0 amide bonds. The SMILES string of the molecule is CCCc1nc(N)cc(Nc2cccc(C(F)(F)F)c2)n1. The van der Waals surface area contributed by atoms with E-state index in [0.29, 0.717) is 23.8 Å². The fourth-order valence-corrected chi connectivity index (χ4v) is 1.84. The van der Waals surface area contributed by atoms with Crippen molar-refractivity contribution in [1.82, 2.24) is 9.97 Å². The summed E-state index contributed by atoms with van der Waals surface area (Å²) in [4.78, 5) is 8.30. The second-order valence-electron chi connectivity index (χ2n) is 4.55. The predicted octanol–water partition coefficient (Wildman–Crippen LogP) is 3.77. The van der Waals surface area contributed by atoms with Gasteiger partial charge < -0.3 is 11.1 Å². The van der Waals surface area contributed by atoms with E-state index in [1.54, 1.807) is 0 Å². The van der Waals surface area contributed by atoms with Crippen LogP contribution in [0.2, 0.25) is 0 Å². The number of aryl methyl sites for hydroxylation is 1. The molecular weight excluding hydrogens is 281 g/mol. The third-order valence-corrected chi connectivity index (χ3v) is 2.73. The first-order valence-electron chi connectivity index (χ1n) is 6.46. The lowest BCUT2D eigenvalue weighted by Crippen LogP contribution is -2.06. The summed E-state index contributed by atoms with van der Waals surface area (Å²) in [5, 5.41) is 2.82. The highest BCUT2D eigenvalue weighted by Crippen LogP contribution is 2.31. The van der Waals surface area contributed by atoms with Crippen LogP contribution in [0.25, 0.3) is 0 Å². The first-order chi connectivity index (χ1) is 9.88. The number of anilines is 3. The van der Waals surface area contributed by atoms with Gasteiger partial charge in [-0.05, 0) is 24.6 Å². The first-order valence-corrected chi connectivity index (χ1v) is 6.46. The van der Waals surface area contributed by atoms with E-state index in [9.17, 15) is 13.2 Å². The molecule has 0 saturated carbocycles. The number of alkyl halides is 3. The van der Waals surface area contributed by atoms with E-state index in [0.717, 1.165) is 18.6 Å². The van der Waals surface area contributed by atoms with Gasteiger partial charge >= 0.3 is 6.18 Å². The Morgan fingerprint density at radius 1 is 1.19 bits per heavy atom. The maximum absolute atomic E-state index is 12.7. The van der Waals surface area contributed by atoms with Crippen LogP contribution < -0.4 is 11.1 Å². The molecule has 0 unspecified atom stereocenters. The van der Waals surface area contributed by atoms with Crippen LogP contribution in [0.5, 0.6) is 0 Å². The zero-order valence-corrected chi connectivity index (χ0v) is 11.4. The summed E-state index contributed by atoms with van der Waals surface area (Å²) in [7, 11) is 0. The van der Waals surface area contributed by atoms with Gasteiger partial charge in [0, 0.05) is 18.2 Å². The minimum atomic E-state index is -4.38. The topological polar surface area (TPSA) is 63.8 Å². The second kappa shape index (κ2) is 5.99. The number of nitrogens with zero attached hydrogens (tertiary/aromatic N) is 2. The van der Waals surface area contributed by atoms with E-state index >= 15 is 0 Å². The van der Waals surface area contributed by atoms with Gasteiger partial charge in [0.15, 0.2) is 0 Å². The maximum Gasteiger partial charge on any atom is 0.416 e. The quantitative estimate of drug-likeness (QED) is 0.901. The van der Waals surface area contributed by atoms with Crippen LogP contribution in [0.15, 0.2) is 30.3 Å². The molecule has 0 spiro atoms. The summed E-state index contributed by atoms with van der Waals surface area (Å²) in [6.45, 7) is 1.98. The van der Waals surface area contributed by atoms with Crippen LogP contribution >= 0.6 is 0 Å². The van der Waals surface area contributed by atoms with Crippen molar-refractivity contribution >= 4 is 17.3 Å². The zero-order chi connectivity index (χ0) is 15.5. The number of aromatic nitrogens is 2. The molecule has 3 N–H and O–H groups in total. The normalized spacial score (nSPS) is 11.4. The van der Waals surface area contributed by atoms with Gasteiger partial charge in [-0.25, -0.2) is 9.97 Å². The molecule has 0 aliphatic heterocycles. The van der Waals surface area contributed by atoms with Crippen molar-refractivity contribution in [2.75, 3.05) is 11.1 Å². The molecule has 2 rings (SSSR count). The van der Waals surface area contributed by atoms with Crippen molar-refractivity contribution in [3.8, 4) is 0 Å². The predicted molar refractivity (Wildman–Crippen MR) is 75.2 cm³/mol. The number of nitrogens with two attached hydrogens (primary N) is 1. The monoisotopic (exact) mass is 296 g/mol. The van der Waals surface area contributed by atoms with Crippen LogP contribution in [-0.4, -0.2) is 9.97 Å². The molecule has 1 aromatic carbocycles. The molecule has 1 aromatic heterocycles. The molecule has 21 heavy (non-hydrogen) atoms. The van der Waals surface area contributed by atoms with Crippen LogP contribution in [0.1, 0.15) is 24.7 Å². The number of benzene rings is 1. The largest absolute Gasteiger partial charge is 0.416 e. The Balaban J connectivity index is 2.26. The van der Waals surface area contributed by atoms with Crippen molar-refractivity contribution in [2.24, 2.45) is 0 Å². The van der Waals surface area contributed by atoms with Crippen LogP contribution in [0, 0.1) is 0 Å². The van der Waals surface area contributed by atoms with Crippen molar-refractivity contribution in [2.45, 2.75) is 25.9 Å². The minimum Gasteiger partial charge on any atom is -0.384 e. The Bertz CT molecular complexity index is 626. The number of nitrogen functional groups attached to an aromatic ring is 1. The Kier molecular flexibility index (Phi) is 4.30. The Labute approximate surface area is 120 Å².